The van der Waals surface area contributed by atoms with E-state index in [1.807, 2.05) is 6.08 Å². The highest BCUT2D eigenvalue weighted by molar-refractivity contribution is 6.33. The number of nitrogens with zero attached hydrogens (tertiary/aromatic N) is 3. The Morgan fingerprint density at radius 3 is 2.26 bits per heavy atom. The van der Waals surface area contributed by atoms with Crippen molar-refractivity contribution >= 4 is 75.2 Å². The lowest BCUT2D eigenvalue weighted by Crippen LogP contribution is -2.53. The van der Waals surface area contributed by atoms with Crippen molar-refractivity contribution < 1.29 is 37.5 Å². The van der Waals surface area contributed by atoms with Gasteiger partial charge in [0.25, 0.3) is 11.8 Å². The highest BCUT2D eigenvalue weighted by atomic mass is 35.5. The minimum Gasteiger partial charge on any atom is -0.507 e. The van der Waals surface area contributed by atoms with E-state index in [2.05, 4.69) is 17.0 Å². The Morgan fingerprint density at radius 2 is 1.59 bits per heavy atom. The standard InChI is InChI=1S/C44H31Cl2F3N4O5/c1-2-22-7-13-26(14-8-22)52-39(55)31-16-15-30-32(36(31)41(52)57)20-33-40(56)53(51-38-34(46)19-24(21-50-38)44(47,48)49)42(58)43(33,23-9-11-25(45)12-10-23)37(30)29-17-18-35(54)28-6-4-3-5-27(28)29/h2-15,17-19,21,31-33,36-37,54H,1,16,20H2,(H,50,51). The van der Waals surface area contributed by atoms with Gasteiger partial charge in [0, 0.05) is 22.5 Å². The number of aromatic hydroxyl groups is 1. The second kappa shape index (κ2) is 13.6. The second-order valence-corrected chi connectivity index (χ2v) is 15.8. The maximum Gasteiger partial charge on any atom is 0.417 e. The monoisotopic (exact) mass is 822 g/mol. The molecule has 58 heavy (non-hydrogen) atoms. The summed E-state index contributed by atoms with van der Waals surface area (Å²) in [6.07, 6.45) is -0.523. The summed E-state index contributed by atoms with van der Waals surface area (Å²) in [5.74, 6) is -7.18. The van der Waals surface area contributed by atoms with Crippen molar-refractivity contribution in [1.82, 2.24) is 9.99 Å². The zero-order chi connectivity index (χ0) is 40.8. The van der Waals surface area contributed by atoms with E-state index < -0.39 is 69.5 Å². The van der Waals surface area contributed by atoms with E-state index in [-0.39, 0.29) is 30.3 Å². The molecule has 2 aliphatic carbocycles. The maximum atomic E-state index is 15.5. The van der Waals surface area contributed by atoms with Gasteiger partial charge in [0.2, 0.25) is 11.8 Å². The Labute approximate surface area is 339 Å². The van der Waals surface area contributed by atoms with E-state index in [0.29, 0.717) is 50.4 Å². The molecule has 9 nitrogen and oxygen atoms in total. The Morgan fingerprint density at radius 1 is 0.879 bits per heavy atom. The van der Waals surface area contributed by atoms with E-state index in [1.165, 1.54) is 11.0 Å². The minimum atomic E-state index is -4.76. The zero-order valence-corrected chi connectivity index (χ0v) is 31.7. The molecule has 4 aliphatic rings. The summed E-state index contributed by atoms with van der Waals surface area (Å²) in [4.78, 5) is 64.4. The van der Waals surface area contributed by atoms with Gasteiger partial charge < -0.3 is 5.11 Å². The first-order chi connectivity index (χ1) is 27.7. The molecule has 0 spiro atoms. The van der Waals surface area contributed by atoms with Crippen molar-refractivity contribution in [3.63, 3.8) is 0 Å². The van der Waals surface area contributed by atoms with Crippen LogP contribution in [0.1, 0.15) is 41.0 Å². The first-order valence-electron chi connectivity index (χ1n) is 18.4. The largest absolute Gasteiger partial charge is 0.507 e. The molecule has 1 aromatic heterocycles. The smallest absolute Gasteiger partial charge is 0.417 e. The average Bonchev–Trinajstić information content (AvgIpc) is 3.59. The Balaban J connectivity index is 1.25. The summed E-state index contributed by atoms with van der Waals surface area (Å²) in [6, 6.07) is 24.3. The van der Waals surface area contributed by atoms with Crippen molar-refractivity contribution in [1.29, 1.82) is 0 Å². The third-order valence-electron chi connectivity index (χ3n) is 12.2. The summed E-state index contributed by atoms with van der Waals surface area (Å²) < 4.78 is 40.7. The van der Waals surface area contributed by atoms with Crippen LogP contribution in [0.25, 0.3) is 16.8 Å². The molecular weight excluding hydrogens is 792 g/mol. The van der Waals surface area contributed by atoms with Gasteiger partial charge in [0.1, 0.15) is 5.75 Å². The van der Waals surface area contributed by atoms with Gasteiger partial charge in [0.15, 0.2) is 5.82 Å². The lowest BCUT2D eigenvalue weighted by atomic mass is 9.49. The van der Waals surface area contributed by atoms with Gasteiger partial charge >= 0.3 is 6.18 Å². The number of anilines is 2. The third-order valence-corrected chi connectivity index (χ3v) is 12.7. The van der Waals surface area contributed by atoms with E-state index >= 15 is 9.59 Å². The van der Waals surface area contributed by atoms with Crippen molar-refractivity contribution in [2.75, 3.05) is 10.3 Å². The fourth-order valence-electron chi connectivity index (χ4n) is 9.70. The van der Waals surface area contributed by atoms with Crippen LogP contribution < -0.4 is 10.3 Å². The first kappa shape index (κ1) is 37.6. The molecule has 6 atom stereocenters. The van der Waals surface area contributed by atoms with Crippen LogP contribution in [0.3, 0.4) is 0 Å². The van der Waals surface area contributed by atoms with Crippen LogP contribution in [0, 0.1) is 23.7 Å². The number of amides is 4. The molecule has 6 unspecified atom stereocenters. The number of rotatable bonds is 6. The molecular formula is C44H31Cl2F3N4O5. The van der Waals surface area contributed by atoms with Gasteiger partial charge in [-0.05, 0) is 77.2 Å². The van der Waals surface area contributed by atoms with E-state index in [0.717, 1.165) is 10.6 Å². The molecule has 9 rings (SSSR count). The summed E-state index contributed by atoms with van der Waals surface area (Å²) in [5.41, 5.74) is 2.64. The third kappa shape index (κ3) is 5.49. The van der Waals surface area contributed by atoms with Crippen molar-refractivity contribution in [3.8, 4) is 5.75 Å². The van der Waals surface area contributed by atoms with Gasteiger partial charge in [-0.1, -0.05) is 102 Å². The summed E-state index contributed by atoms with van der Waals surface area (Å²) in [6.45, 7) is 3.78. The molecule has 4 aromatic carbocycles. The molecule has 0 radical (unpaired) electrons. The molecule has 3 fully saturated rings. The number of phenols is 1. The minimum absolute atomic E-state index is 0.0173. The average molecular weight is 824 g/mol. The van der Waals surface area contributed by atoms with Crippen molar-refractivity contribution in [2.24, 2.45) is 23.7 Å². The number of carbonyl (C=O) groups excluding carboxylic acids is 4. The number of pyridine rings is 1. The maximum absolute atomic E-state index is 15.5. The highest BCUT2D eigenvalue weighted by Crippen LogP contribution is 2.65. The highest BCUT2D eigenvalue weighted by Gasteiger charge is 2.70. The predicted molar refractivity (Wildman–Crippen MR) is 212 cm³/mol. The van der Waals surface area contributed by atoms with Gasteiger partial charge in [-0.2, -0.15) is 18.2 Å². The van der Waals surface area contributed by atoms with Crippen LogP contribution in [0.5, 0.6) is 5.75 Å². The van der Waals surface area contributed by atoms with Crippen LogP contribution in [0.2, 0.25) is 10.0 Å². The van der Waals surface area contributed by atoms with Crippen LogP contribution in [-0.4, -0.2) is 38.7 Å². The molecule has 2 saturated heterocycles. The van der Waals surface area contributed by atoms with E-state index in [1.54, 1.807) is 84.9 Å². The van der Waals surface area contributed by atoms with Gasteiger partial charge in [-0.15, -0.1) is 0 Å². The molecule has 1 saturated carbocycles. The number of alkyl halides is 3. The van der Waals surface area contributed by atoms with E-state index in [9.17, 15) is 27.9 Å². The number of halogens is 5. The number of allylic oxidation sites excluding steroid dienone is 2. The zero-order valence-electron chi connectivity index (χ0n) is 30.2. The summed E-state index contributed by atoms with van der Waals surface area (Å²) in [7, 11) is 0. The SMILES string of the molecule is C=Cc1ccc(N2C(=O)C3CC=C4C(CC5C(=O)N(Nc6ncc(C(F)(F)F)cc6Cl)C(=O)C5(c5ccc(Cl)cc5)C4c4ccc(O)c5ccccc45)C3C2=O)cc1. The molecule has 14 heteroatoms. The number of imide groups is 2. The van der Waals surface area contributed by atoms with E-state index in [4.69, 9.17) is 23.2 Å². The molecule has 2 N–H and O–H groups in total. The van der Waals surface area contributed by atoms with Gasteiger partial charge in [-0.25, -0.2) is 4.98 Å². The predicted octanol–water partition coefficient (Wildman–Crippen LogP) is 9.10. The second-order valence-electron chi connectivity index (χ2n) is 14.9. The molecule has 292 valence electrons. The Bertz CT molecular complexity index is 2630. The lowest BCUT2D eigenvalue weighted by molar-refractivity contribution is -0.139. The number of aromatic nitrogens is 1. The van der Waals surface area contributed by atoms with Crippen molar-refractivity contribution in [2.45, 2.75) is 30.4 Å². The van der Waals surface area contributed by atoms with Crippen LogP contribution in [0.4, 0.5) is 24.7 Å². The Kier molecular flexibility index (Phi) is 8.79. The fourth-order valence-corrected chi connectivity index (χ4v) is 10.0. The summed E-state index contributed by atoms with van der Waals surface area (Å²) in [5, 5.41) is 12.7. The van der Waals surface area contributed by atoms with Crippen LogP contribution in [0.15, 0.2) is 115 Å². The van der Waals surface area contributed by atoms with Gasteiger partial charge in [0.05, 0.1) is 39.4 Å². The number of benzene rings is 4. The van der Waals surface area contributed by atoms with Crippen LogP contribution >= 0.6 is 23.2 Å². The van der Waals surface area contributed by atoms with Crippen molar-refractivity contribution in [3.05, 3.63) is 148 Å². The topological polar surface area (TPSA) is 120 Å². The lowest BCUT2D eigenvalue weighted by Gasteiger charge is -2.51. The molecule has 2 aliphatic heterocycles. The van der Waals surface area contributed by atoms with Crippen LogP contribution in [-0.2, 0) is 30.8 Å². The number of hydrogen-bond acceptors (Lipinski definition) is 7. The quantitative estimate of drug-likeness (QED) is 0.130. The molecule has 0 bridgehead atoms. The number of phenolic OH excluding ortho intramolecular Hbond substituents is 1. The number of fused-ring (bicyclic) bond motifs is 5. The fraction of sp³-hybridized carbons (Fsp3) is 0.205. The normalized spacial score (nSPS) is 25.4. The molecule has 3 heterocycles. The summed E-state index contributed by atoms with van der Waals surface area (Å²) >= 11 is 12.7. The molecule has 4 amide bonds. The number of carbonyl (C=O) groups is 4. The first-order valence-corrected chi connectivity index (χ1v) is 19.2. The molecule has 5 aromatic rings. The number of nitrogens with one attached hydrogen (secondary N) is 1. The van der Waals surface area contributed by atoms with Gasteiger partial charge in [-0.3, -0.25) is 29.5 Å². The Hall–Kier alpha value is -5.98. The number of hydrazine groups is 1. The number of hydrogen-bond donors (Lipinski definition) is 2.